The highest BCUT2D eigenvalue weighted by Gasteiger charge is 2.16. The van der Waals surface area contributed by atoms with Gasteiger partial charge in [0.2, 0.25) is 0 Å². The van der Waals surface area contributed by atoms with Crippen molar-refractivity contribution in [3.05, 3.63) is 70.2 Å². The Morgan fingerprint density at radius 3 is 2.48 bits per heavy atom. The van der Waals surface area contributed by atoms with E-state index in [0.29, 0.717) is 12.6 Å². The Morgan fingerprint density at radius 1 is 1.10 bits per heavy atom. The Bertz CT molecular complexity index is 785. The van der Waals surface area contributed by atoms with Crippen molar-refractivity contribution in [1.82, 2.24) is 15.5 Å². The molecule has 0 amide bonds. The zero-order valence-electron chi connectivity index (χ0n) is 17.0. The van der Waals surface area contributed by atoms with Crippen LogP contribution in [0.2, 0.25) is 5.02 Å². The number of benzene rings is 2. The predicted molar refractivity (Wildman–Crippen MR) is 131 cm³/mol. The first kappa shape index (κ1) is 23.9. The van der Waals surface area contributed by atoms with Gasteiger partial charge in [0.1, 0.15) is 0 Å². The molecule has 1 heterocycles. The highest BCUT2D eigenvalue weighted by molar-refractivity contribution is 14.0. The molecule has 0 spiro atoms. The van der Waals surface area contributed by atoms with Crippen molar-refractivity contribution in [1.29, 1.82) is 0 Å². The van der Waals surface area contributed by atoms with Gasteiger partial charge in [0.25, 0.3) is 0 Å². The molecule has 1 saturated heterocycles. The summed E-state index contributed by atoms with van der Waals surface area (Å²) in [4.78, 5) is 6.76. The van der Waals surface area contributed by atoms with Crippen LogP contribution in [0.25, 0.3) is 0 Å². The number of rotatable bonds is 6. The topological polar surface area (TPSA) is 48.9 Å². The van der Waals surface area contributed by atoms with Crippen LogP contribution in [0, 0.1) is 0 Å². The Kier molecular flexibility index (Phi) is 10.2. The third-order valence-electron chi connectivity index (χ3n) is 4.78. The summed E-state index contributed by atoms with van der Waals surface area (Å²) in [5.74, 6) is 0.780. The van der Waals surface area contributed by atoms with Gasteiger partial charge in [-0.25, -0.2) is 0 Å². The zero-order chi connectivity index (χ0) is 19.8. The van der Waals surface area contributed by atoms with Gasteiger partial charge in [-0.15, -0.1) is 24.0 Å². The van der Waals surface area contributed by atoms with E-state index < -0.39 is 0 Å². The van der Waals surface area contributed by atoms with Gasteiger partial charge in [-0.05, 0) is 35.7 Å². The van der Waals surface area contributed by atoms with Gasteiger partial charge in [-0.1, -0.05) is 48.0 Å². The fourth-order valence-electron chi connectivity index (χ4n) is 3.32. The van der Waals surface area contributed by atoms with E-state index in [4.69, 9.17) is 16.3 Å². The standard InChI is InChI=1S/C22H29ClN4O.HI/c1-17-15-27(10-11-28-17)16-20-5-3-4-19(12-20)14-26-22(24-2)25-13-18-6-8-21(23)9-7-18;/h3-9,12,17H,10-11,13-16H2,1-2H3,(H2,24,25,26);1H. The molecule has 5 nitrogen and oxygen atoms in total. The molecule has 2 aromatic rings. The second-order valence-corrected chi connectivity index (χ2v) is 7.58. The number of hydrogen-bond acceptors (Lipinski definition) is 3. The third kappa shape index (κ3) is 8.12. The average molecular weight is 529 g/mol. The van der Waals surface area contributed by atoms with E-state index in [2.05, 4.69) is 51.7 Å². The van der Waals surface area contributed by atoms with Crippen molar-refractivity contribution in [3.63, 3.8) is 0 Å². The zero-order valence-corrected chi connectivity index (χ0v) is 20.1. The van der Waals surface area contributed by atoms with Crippen LogP contribution >= 0.6 is 35.6 Å². The molecule has 2 N–H and O–H groups in total. The minimum atomic E-state index is 0. The normalized spacial score (nSPS) is 17.5. The van der Waals surface area contributed by atoms with Gasteiger partial charge in [0.15, 0.2) is 5.96 Å². The molecular weight excluding hydrogens is 499 g/mol. The molecule has 1 atom stereocenters. The molecule has 7 heteroatoms. The molecule has 1 unspecified atom stereocenters. The number of hydrogen-bond donors (Lipinski definition) is 2. The van der Waals surface area contributed by atoms with E-state index in [1.54, 1.807) is 7.05 Å². The smallest absolute Gasteiger partial charge is 0.191 e. The summed E-state index contributed by atoms with van der Waals surface area (Å²) in [6, 6.07) is 16.5. The van der Waals surface area contributed by atoms with Gasteiger partial charge in [-0.3, -0.25) is 9.89 Å². The van der Waals surface area contributed by atoms with Gasteiger partial charge >= 0.3 is 0 Å². The molecule has 3 rings (SSSR count). The van der Waals surface area contributed by atoms with Crippen molar-refractivity contribution >= 4 is 41.5 Å². The lowest BCUT2D eigenvalue weighted by Crippen LogP contribution is -2.40. The van der Waals surface area contributed by atoms with Crippen molar-refractivity contribution in [2.24, 2.45) is 4.99 Å². The fourth-order valence-corrected chi connectivity index (χ4v) is 3.45. The Balaban J connectivity index is 0.00000300. The first-order valence-corrected chi connectivity index (χ1v) is 10.1. The lowest BCUT2D eigenvalue weighted by atomic mass is 10.1. The van der Waals surface area contributed by atoms with Crippen molar-refractivity contribution in [2.45, 2.75) is 32.7 Å². The SMILES string of the molecule is CN=C(NCc1ccc(Cl)cc1)NCc1cccc(CN2CCOC(C)C2)c1.I. The summed E-state index contributed by atoms with van der Waals surface area (Å²) in [7, 11) is 1.78. The summed E-state index contributed by atoms with van der Waals surface area (Å²) in [6.07, 6.45) is 0.314. The Labute approximate surface area is 195 Å². The molecule has 0 aromatic heterocycles. The lowest BCUT2D eigenvalue weighted by Gasteiger charge is -2.31. The van der Waals surface area contributed by atoms with E-state index in [0.717, 1.165) is 49.3 Å². The van der Waals surface area contributed by atoms with Crippen LogP contribution in [-0.4, -0.2) is 43.7 Å². The molecule has 1 aliphatic rings. The minimum absolute atomic E-state index is 0. The van der Waals surface area contributed by atoms with Gasteiger partial charge in [-0.2, -0.15) is 0 Å². The molecule has 1 fully saturated rings. The summed E-state index contributed by atoms with van der Waals surface area (Å²) in [5, 5.41) is 7.47. The van der Waals surface area contributed by atoms with Crippen molar-refractivity contribution in [2.75, 3.05) is 26.7 Å². The quantitative estimate of drug-likeness (QED) is 0.338. The Hall–Kier alpha value is -1.35. The summed E-state index contributed by atoms with van der Waals surface area (Å²) < 4.78 is 5.63. The summed E-state index contributed by atoms with van der Waals surface area (Å²) in [5.41, 5.74) is 3.74. The third-order valence-corrected chi connectivity index (χ3v) is 5.03. The molecule has 0 aliphatic carbocycles. The van der Waals surface area contributed by atoms with Crippen LogP contribution < -0.4 is 10.6 Å². The van der Waals surface area contributed by atoms with E-state index in [-0.39, 0.29) is 24.0 Å². The molecule has 0 radical (unpaired) electrons. The van der Waals surface area contributed by atoms with Crippen LogP contribution in [0.15, 0.2) is 53.5 Å². The summed E-state index contributed by atoms with van der Waals surface area (Å²) >= 11 is 5.93. The van der Waals surface area contributed by atoms with Gasteiger partial charge < -0.3 is 15.4 Å². The highest BCUT2D eigenvalue weighted by Crippen LogP contribution is 2.12. The molecule has 0 saturated carbocycles. The molecule has 2 aromatic carbocycles. The second-order valence-electron chi connectivity index (χ2n) is 7.14. The minimum Gasteiger partial charge on any atom is -0.376 e. The molecular formula is C22H30ClIN4O. The number of ether oxygens (including phenoxy) is 1. The monoisotopic (exact) mass is 528 g/mol. The maximum absolute atomic E-state index is 5.93. The van der Waals surface area contributed by atoms with Crippen LogP contribution in [0.5, 0.6) is 0 Å². The van der Waals surface area contributed by atoms with Crippen LogP contribution in [-0.2, 0) is 24.4 Å². The lowest BCUT2D eigenvalue weighted by molar-refractivity contribution is -0.0212. The second kappa shape index (κ2) is 12.4. The maximum atomic E-state index is 5.93. The predicted octanol–water partition coefficient (Wildman–Crippen LogP) is 4.04. The van der Waals surface area contributed by atoms with Crippen LogP contribution in [0.4, 0.5) is 0 Å². The molecule has 0 bridgehead atoms. The van der Waals surface area contributed by atoms with E-state index in [1.807, 2.05) is 24.3 Å². The van der Waals surface area contributed by atoms with Crippen LogP contribution in [0.3, 0.4) is 0 Å². The molecule has 158 valence electrons. The van der Waals surface area contributed by atoms with Gasteiger partial charge in [0.05, 0.1) is 12.7 Å². The van der Waals surface area contributed by atoms with Gasteiger partial charge in [0, 0.05) is 44.8 Å². The largest absolute Gasteiger partial charge is 0.376 e. The van der Waals surface area contributed by atoms with E-state index in [1.165, 1.54) is 11.1 Å². The maximum Gasteiger partial charge on any atom is 0.191 e. The van der Waals surface area contributed by atoms with E-state index in [9.17, 15) is 0 Å². The first-order chi connectivity index (χ1) is 13.6. The fraction of sp³-hybridized carbons (Fsp3) is 0.409. The number of nitrogens with zero attached hydrogens (tertiary/aromatic N) is 2. The van der Waals surface area contributed by atoms with Crippen LogP contribution in [0.1, 0.15) is 23.6 Å². The molecule has 29 heavy (non-hydrogen) atoms. The molecule has 1 aliphatic heterocycles. The highest BCUT2D eigenvalue weighted by atomic mass is 127. The number of nitrogens with one attached hydrogen (secondary N) is 2. The first-order valence-electron chi connectivity index (χ1n) is 9.73. The summed E-state index contributed by atoms with van der Waals surface area (Å²) in [6.45, 7) is 7.33. The number of halogens is 2. The number of guanidine groups is 1. The van der Waals surface area contributed by atoms with Crippen molar-refractivity contribution in [3.8, 4) is 0 Å². The van der Waals surface area contributed by atoms with E-state index >= 15 is 0 Å². The van der Waals surface area contributed by atoms with Crippen molar-refractivity contribution < 1.29 is 4.74 Å². The number of aliphatic imine (C=N–C) groups is 1. The average Bonchev–Trinajstić information content (AvgIpc) is 2.70. The number of morpholine rings is 1. The Morgan fingerprint density at radius 2 is 1.79 bits per heavy atom.